The molecule has 114 valence electrons. The molecule has 0 radical (unpaired) electrons. The molecule has 0 saturated carbocycles. The first-order chi connectivity index (χ1) is 11.0. The summed E-state index contributed by atoms with van der Waals surface area (Å²) in [5.74, 6) is -3.22. The summed E-state index contributed by atoms with van der Waals surface area (Å²) in [4.78, 5) is 33.7. The van der Waals surface area contributed by atoms with Crippen LogP contribution in [0.1, 0.15) is 16.8 Å². The maximum absolute atomic E-state index is 12.0. The molecule has 4 nitrogen and oxygen atoms in total. The van der Waals surface area contributed by atoms with Crippen LogP contribution in [0.5, 0.6) is 0 Å². The maximum atomic E-state index is 12.0. The number of halogens is 1. The van der Waals surface area contributed by atoms with Crippen molar-refractivity contribution in [1.82, 2.24) is 0 Å². The van der Waals surface area contributed by atoms with Gasteiger partial charge in [0.2, 0.25) is 5.78 Å². The minimum Gasteiger partial charge on any atom is -0.475 e. The Labute approximate surface area is 136 Å². The molecule has 0 aromatic heterocycles. The molecule has 0 spiro atoms. The second-order valence-electron chi connectivity index (χ2n) is 5.20. The van der Waals surface area contributed by atoms with Crippen molar-refractivity contribution in [1.29, 1.82) is 0 Å². The fourth-order valence-corrected chi connectivity index (χ4v) is 2.70. The van der Waals surface area contributed by atoms with Crippen molar-refractivity contribution in [3.8, 4) is 0 Å². The molecular formula is C18H11ClO4. The van der Waals surface area contributed by atoms with E-state index in [0.29, 0.717) is 10.6 Å². The minimum atomic E-state index is -1.60. The van der Waals surface area contributed by atoms with Crippen LogP contribution in [0.4, 0.5) is 0 Å². The van der Waals surface area contributed by atoms with Gasteiger partial charge in [0.15, 0.2) is 5.78 Å². The summed E-state index contributed by atoms with van der Waals surface area (Å²) in [6, 6.07) is 14.4. The van der Waals surface area contributed by atoms with Crippen LogP contribution in [0.3, 0.4) is 0 Å². The highest BCUT2D eigenvalue weighted by Crippen LogP contribution is 2.28. The van der Waals surface area contributed by atoms with Crippen LogP contribution in [0.25, 0.3) is 21.5 Å². The lowest BCUT2D eigenvalue weighted by atomic mass is 9.98. The Kier molecular flexibility index (Phi) is 3.84. The van der Waals surface area contributed by atoms with Crippen LogP contribution in [0, 0.1) is 0 Å². The molecule has 0 aliphatic carbocycles. The summed E-state index contributed by atoms with van der Waals surface area (Å²) in [5, 5.41) is 13.0. The molecular weight excluding hydrogens is 316 g/mol. The second kappa shape index (κ2) is 5.82. The molecule has 5 heteroatoms. The predicted molar refractivity (Wildman–Crippen MR) is 88.1 cm³/mol. The van der Waals surface area contributed by atoms with Crippen LogP contribution in [0.15, 0.2) is 48.5 Å². The average molecular weight is 327 g/mol. The number of carbonyl (C=O) groups excluding carboxylic acids is 2. The third-order valence-electron chi connectivity index (χ3n) is 3.68. The van der Waals surface area contributed by atoms with Crippen molar-refractivity contribution in [3.63, 3.8) is 0 Å². The number of hydrogen-bond donors (Lipinski definition) is 1. The summed E-state index contributed by atoms with van der Waals surface area (Å²) in [7, 11) is 0. The highest BCUT2D eigenvalue weighted by molar-refractivity contribution is 6.37. The Bertz CT molecular complexity index is 975. The van der Waals surface area contributed by atoms with Gasteiger partial charge in [0.25, 0.3) is 0 Å². The first-order valence-electron chi connectivity index (χ1n) is 6.87. The van der Waals surface area contributed by atoms with Crippen molar-refractivity contribution in [2.24, 2.45) is 0 Å². The Morgan fingerprint density at radius 3 is 2.30 bits per heavy atom. The van der Waals surface area contributed by atoms with E-state index in [9.17, 15) is 14.4 Å². The van der Waals surface area contributed by atoms with E-state index in [1.54, 1.807) is 18.2 Å². The van der Waals surface area contributed by atoms with Gasteiger partial charge in [-0.2, -0.15) is 0 Å². The van der Waals surface area contributed by atoms with Crippen LogP contribution < -0.4 is 0 Å². The van der Waals surface area contributed by atoms with Crippen LogP contribution in [0.2, 0.25) is 5.02 Å². The van der Waals surface area contributed by atoms with Crippen molar-refractivity contribution in [2.45, 2.75) is 6.42 Å². The van der Waals surface area contributed by atoms with Gasteiger partial charge in [-0.05, 0) is 39.7 Å². The van der Waals surface area contributed by atoms with E-state index in [4.69, 9.17) is 16.7 Å². The molecule has 3 rings (SSSR count). The maximum Gasteiger partial charge on any atom is 0.372 e. The molecule has 0 fully saturated rings. The molecule has 0 bridgehead atoms. The van der Waals surface area contributed by atoms with Crippen molar-refractivity contribution < 1.29 is 19.5 Å². The number of carboxylic acids is 1. The summed E-state index contributed by atoms with van der Waals surface area (Å²) >= 11 is 6.04. The molecule has 0 aliphatic rings. The summed E-state index contributed by atoms with van der Waals surface area (Å²) in [6.07, 6.45) is -0.639. The van der Waals surface area contributed by atoms with Crippen molar-refractivity contribution in [3.05, 3.63) is 59.1 Å². The molecule has 0 saturated heterocycles. The fraction of sp³-hybridized carbons (Fsp3) is 0.0556. The van der Waals surface area contributed by atoms with Gasteiger partial charge in [-0.1, -0.05) is 41.9 Å². The topological polar surface area (TPSA) is 71.4 Å². The fourth-order valence-electron chi connectivity index (χ4n) is 2.53. The number of Topliss-reactive ketones (excluding diaryl/α,β-unsaturated/α-hetero) is 2. The standard InChI is InChI=1S/C18H11ClO4/c19-13-5-3-10-1-2-11-7-12(4-6-14(11)15(10)8-13)16(20)9-17(21)18(22)23/h1-8H,9H2,(H,22,23). The van der Waals surface area contributed by atoms with Crippen LogP contribution in [-0.2, 0) is 9.59 Å². The predicted octanol–water partition coefficient (Wildman–Crippen LogP) is 3.87. The van der Waals surface area contributed by atoms with Gasteiger partial charge >= 0.3 is 5.97 Å². The van der Waals surface area contributed by atoms with E-state index in [1.807, 2.05) is 30.3 Å². The zero-order chi connectivity index (χ0) is 16.6. The van der Waals surface area contributed by atoms with Crippen LogP contribution in [-0.4, -0.2) is 22.6 Å². The normalized spacial score (nSPS) is 10.8. The lowest BCUT2D eigenvalue weighted by Gasteiger charge is -2.06. The van der Waals surface area contributed by atoms with Gasteiger partial charge in [-0.25, -0.2) is 4.79 Å². The van der Waals surface area contributed by atoms with Gasteiger partial charge in [0.1, 0.15) is 0 Å². The highest BCUT2D eigenvalue weighted by atomic mass is 35.5. The van der Waals surface area contributed by atoms with E-state index in [0.717, 1.165) is 21.5 Å². The molecule has 1 N–H and O–H groups in total. The van der Waals surface area contributed by atoms with Gasteiger partial charge in [0.05, 0.1) is 6.42 Å². The van der Waals surface area contributed by atoms with Crippen molar-refractivity contribution >= 4 is 50.7 Å². The summed E-state index contributed by atoms with van der Waals surface area (Å²) in [5.41, 5.74) is 0.313. The lowest BCUT2D eigenvalue weighted by molar-refractivity contribution is -0.148. The quantitative estimate of drug-likeness (QED) is 0.342. The number of hydrogen-bond acceptors (Lipinski definition) is 3. The zero-order valence-electron chi connectivity index (χ0n) is 11.9. The Morgan fingerprint density at radius 2 is 1.57 bits per heavy atom. The average Bonchev–Trinajstić information content (AvgIpc) is 2.53. The third-order valence-corrected chi connectivity index (χ3v) is 3.92. The van der Waals surface area contributed by atoms with Gasteiger partial charge in [-0.15, -0.1) is 0 Å². The van der Waals surface area contributed by atoms with Crippen molar-refractivity contribution in [2.75, 3.05) is 0 Å². The number of carbonyl (C=O) groups is 3. The first-order valence-corrected chi connectivity index (χ1v) is 7.25. The number of rotatable bonds is 4. The van der Waals surface area contributed by atoms with E-state index < -0.39 is 24.0 Å². The SMILES string of the molecule is O=C(O)C(=O)CC(=O)c1ccc2c(ccc3ccc(Cl)cc32)c1. The molecule has 0 aliphatic heterocycles. The van der Waals surface area contributed by atoms with E-state index in [1.165, 1.54) is 0 Å². The molecule has 0 amide bonds. The van der Waals surface area contributed by atoms with Gasteiger partial charge in [0, 0.05) is 10.6 Å². The van der Waals surface area contributed by atoms with Crippen LogP contribution >= 0.6 is 11.6 Å². The Hall–Kier alpha value is -2.72. The second-order valence-corrected chi connectivity index (χ2v) is 5.63. The molecule has 3 aromatic rings. The monoisotopic (exact) mass is 326 g/mol. The number of ketones is 2. The number of benzene rings is 3. The minimum absolute atomic E-state index is 0.313. The molecule has 0 heterocycles. The number of fused-ring (bicyclic) bond motifs is 3. The Balaban J connectivity index is 2.06. The summed E-state index contributed by atoms with van der Waals surface area (Å²) < 4.78 is 0. The first kappa shape index (κ1) is 15.2. The highest BCUT2D eigenvalue weighted by Gasteiger charge is 2.18. The third kappa shape index (κ3) is 2.94. The number of carboxylic acid groups (broad SMARTS) is 1. The zero-order valence-corrected chi connectivity index (χ0v) is 12.6. The number of aliphatic carboxylic acids is 1. The van der Waals surface area contributed by atoms with E-state index in [-0.39, 0.29) is 0 Å². The molecule has 3 aromatic carbocycles. The van der Waals surface area contributed by atoms with E-state index in [2.05, 4.69) is 0 Å². The smallest absolute Gasteiger partial charge is 0.372 e. The Morgan fingerprint density at radius 1 is 0.870 bits per heavy atom. The van der Waals surface area contributed by atoms with E-state index >= 15 is 0 Å². The largest absolute Gasteiger partial charge is 0.475 e. The van der Waals surface area contributed by atoms with Gasteiger partial charge < -0.3 is 5.11 Å². The molecule has 0 unspecified atom stereocenters. The van der Waals surface area contributed by atoms with Gasteiger partial charge in [-0.3, -0.25) is 9.59 Å². The summed E-state index contributed by atoms with van der Waals surface area (Å²) in [6.45, 7) is 0. The molecule has 23 heavy (non-hydrogen) atoms. The molecule has 0 atom stereocenters. The lowest BCUT2D eigenvalue weighted by Crippen LogP contribution is -2.17.